The molecule has 1 N–H and O–H groups in total. The van der Waals surface area contributed by atoms with Crippen LogP contribution >= 0.6 is 23.2 Å². The zero-order valence-electron chi connectivity index (χ0n) is 15.2. The third-order valence-corrected chi connectivity index (χ3v) is 4.94. The summed E-state index contributed by atoms with van der Waals surface area (Å²) in [6, 6.07) is 20.1. The molecule has 0 atom stereocenters. The van der Waals surface area contributed by atoms with Gasteiger partial charge in [-0.1, -0.05) is 35.3 Å². The maximum Gasteiger partial charge on any atom is 0.291 e. The van der Waals surface area contributed by atoms with Crippen LogP contribution in [0.2, 0.25) is 10.0 Å². The molecule has 0 saturated carbocycles. The van der Waals surface area contributed by atoms with Crippen molar-refractivity contribution in [3.8, 4) is 11.3 Å². The number of hydrogen-bond acceptors (Lipinski definition) is 3. The molecule has 1 amide bonds. The molecule has 29 heavy (non-hydrogen) atoms. The van der Waals surface area contributed by atoms with E-state index in [0.717, 1.165) is 12.0 Å². The molecular weight excluding hydrogens is 407 g/mol. The zero-order chi connectivity index (χ0) is 20.2. The highest BCUT2D eigenvalue weighted by atomic mass is 35.5. The number of carbonyl (C=O) groups is 1. The number of amides is 1. The molecule has 0 unspecified atom stereocenters. The Morgan fingerprint density at radius 3 is 2.34 bits per heavy atom. The molecule has 0 radical (unpaired) electrons. The molecule has 0 bridgehead atoms. The molecule has 2 aromatic carbocycles. The van der Waals surface area contributed by atoms with Crippen molar-refractivity contribution in [2.75, 3.05) is 5.32 Å². The SMILES string of the molecule is O=C(Nc1ccc(Cc2ccncc2)cc1)c1ccc(-c2ccc(Cl)cc2Cl)o1. The highest BCUT2D eigenvalue weighted by molar-refractivity contribution is 6.36. The lowest BCUT2D eigenvalue weighted by molar-refractivity contribution is 0.0997. The second kappa shape index (κ2) is 8.52. The monoisotopic (exact) mass is 422 g/mol. The Balaban J connectivity index is 1.44. The van der Waals surface area contributed by atoms with Gasteiger partial charge >= 0.3 is 0 Å². The molecule has 4 nitrogen and oxygen atoms in total. The summed E-state index contributed by atoms with van der Waals surface area (Å²) in [5.41, 5.74) is 3.69. The molecule has 0 aliphatic heterocycles. The molecular formula is C23H16Cl2N2O2. The van der Waals surface area contributed by atoms with E-state index in [-0.39, 0.29) is 11.7 Å². The third kappa shape index (κ3) is 4.67. The molecule has 6 heteroatoms. The number of rotatable bonds is 5. The fourth-order valence-corrected chi connectivity index (χ4v) is 3.43. The second-order valence-corrected chi connectivity index (χ2v) is 7.31. The first-order valence-electron chi connectivity index (χ1n) is 8.93. The Morgan fingerprint density at radius 2 is 1.62 bits per heavy atom. The van der Waals surface area contributed by atoms with Crippen molar-refractivity contribution in [3.05, 3.63) is 106 Å². The highest BCUT2D eigenvalue weighted by Crippen LogP contribution is 2.31. The van der Waals surface area contributed by atoms with E-state index in [1.54, 1.807) is 42.7 Å². The molecule has 0 spiro atoms. The fourth-order valence-electron chi connectivity index (χ4n) is 2.93. The smallest absolute Gasteiger partial charge is 0.291 e. The highest BCUT2D eigenvalue weighted by Gasteiger charge is 2.14. The standard InChI is InChI=1S/C23H16Cl2N2O2/c24-17-3-6-19(20(25)14-17)21-7-8-22(29-21)23(28)27-18-4-1-15(2-5-18)13-16-9-11-26-12-10-16/h1-12,14H,13H2,(H,27,28). The summed E-state index contributed by atoms with van der Waals surface area (Å²) in [6.07, 6.45) is 4.36. The number of hydrogen-bond donors (Lipinski definition) is 1. The number of aromatic nitrogens is 1. The molecule has 4 aromatic rings. The topological polar surface area (TPSA) is 55.1 Å². The minimum absolute atomic E-state index is 0.201. The summed E-state index contributed by atoms with van der Waals surface area (Å²) < 4.78 is 5.68. The lowest BCUT2D eigenvalue weighted by atomic mass is 10.1. The van der Waals surface area contributed by atoms with Gasteiger partial charge in [-0.2, -0.15) is 0 Å². The van der Waals surface area contributed by atoms with Crippen LogP contribution in [0.15, 0.2) is 83.5 Å². The quantitative estimate of drug-likeness (QED) is 0.399. The van der Waals surface area contributed by atoms with Crippen molar-refractivity contribution in [2.45, 2.75) is 6.42 Å². The van der Waals surface area contributed by atoms with Gasteiger partial charge in [0.05, 0.1) is 5.02 Å². The van der Waals surface area contributed by atoms with E-state index in [0.29, 0.717) is 27.1 Å². The van der Waals surface area contributed by atoms with Gasteiger partial charge in [0.25, 0.3) is 5.91 Å². The van der Waals surface area contributed by atoms with Crippen LogP contribution in [-0.2, 0) is 6.42 Å². The minimum Gasteiger partial charge on any atom is -0.451 e. The molecule has 0 aliphatic carbocycles. The molecule has 0 aliphatic rings. The van der Waals surface area contributed by atoms with Gasteiger partial charge in [0.1, 0.15) is 5.76 Å². The van der Waals surface area contributed by atoms with Crippen LogP contribution in [0, 0.1) is 0 Å². The van der Waals surface area contributed by atoms with Crippen molar-refractivity contribution < 1.29 is 9.21 Å². The van der Waals surface area contributed by atoms with Crippen molar-refractivity contribution in [1.29, 1.82) is 0 Å². The van der Waals surface area contributed by atoms with Gasteiger partial charge in [-0.3, -0.25) is 9.78 Å². The maximum atomic E-state index is 12.5. The van der Waals surface area contributed by atoms with Crippen LogP contribution in [0.25, 0.3) is 11.3 Å². The zero-order valence-corrected chi connectivity index (χ0v) is 16.7. The Morgan fingerprint density at radius 1 is 0.897 bits per heavy atom. The first-order valence-corrected chi connectivity index (χ1v) is 9.68. The maximum absolute atomic E-state index is 12.5. The van der Waals surface area contributed by atoms with E-state index in [2.05, 4.69) is 10.3 Å². The molecule has 144 valence electrons. The number of benzene rings is 2. The van der Waals surface area contributed by atoms with Crippen LogP contribution < -0.4 is 5.32 Å². The number of anilines is 1. The number of nitrogens with one attached hydrogen (secondary N) is 1. The van der Waals surface area contributed by atoms with E-state index >= 15 is 0 Å². The van der Waals surface area contributed by atoms with Gasteiger partial charge in [0.15, 0.2) is 5.76 Å². The molecule has 0 saturated heterocycles. The summed E-state index contributed by atoms with van der Waals surface area (Å²) in [7, 11) is 0. The van der Waals surface area contributed by atoms with Gasteiger partial charge < -0.3 is 9.73 Å². The van der Waals surface area contributed by atoms with Gasteiger partial charge in [0, 0.05) is 28.7 Å². The minimum atomic E-state index is -0.330. The Labute approximate surface area is 178 Å². The van der Waals surface area contributed by atoms with Crippen molar-refractivity contribution in [3.63, 3.8) is 0 Å². The molecule has 2 heterocycles. The normalized spacial score (nSPS) is 10.7. The number of furan rings is 1. The Kier molecular flexibility index (Phi) is 5.65. The van der Waals surface area contributed by atoms with E-state index in [1.807, 2.05) is 36.4 Å². The molecule has 4 rings (SSSR count). The lowest BCUT2D eigenvalue weighted by Crippen LogP contribution is -2.10. The predicted octanol–water partition coefficient (Wildman–Crippen LogP) is 6.49. The van der Waals surface area contributed by atoms with E-state index in [9.17, 15) is 4.79 Å². The summed E-state index contributed by atoms with van der Waals surface area (Å²) in [6.45, 7) is 0. The van der Waals surface area contributed by atoms with Crippen LogP contribution in [0.3, 0.4) is 0 Å². The summed E-state index contributed by atoms with van der Waals surface area (Å²) in [5.74, 6) is 0.375. The lowest BCUT2D eigenvalue weighted by Gasteiger charge is -2.06. The van der Waals surface area contributed by atoms with Crippen LogP contribution in [0.4, 0.5) is 5.69 Å². The fraction of sp³-hybridized carbons (Fsp3) is 0.0435. The number of carbonyl (C=O) groups excluding carboxylic acids is 1. The Bertz CT molecular complexity index is 1140. The van der Waals surface area contributed by atoms with E-state index in [1.165, 1.54) is 5.56 Å². The predicted molar refractivity (Wildman–Crippen MR) is 116 cm³/mol. The van der Waals surface area contributed by atoms with E-state index in [4.69, 9.17) is 27.6 Å². The average Bonchev–Trinajstić information content (AvgIpc) is 3.20. The van der Waals surface area contributed by atoms with Gasteiger partial charge in [0.2, 0.25) is 0 Å². The molecule has 0 fully saturated rings. The molecule has 2 aromatic heterocycles. The van der Waals surface area contributed by atoms with Gasteiger partial charge in [-0.15, -0.1) is 0 Å². The summed E-state index contributed by atoms with van der Waals surface area (Å²) >= 11 is 12.1. The van der Waals surface area contributed by atoms with Crippen molar-refractivity contribution in [1.82, 2.24) is 4.98 Å². The Hall–Kier alpha value is -3.08. The first-order chi connectivity index (χ1) is 14.1. The number of halogens is 2. The summed E-state index contributed by atoms with van der Waals surface area (Å²) in [4.78, 5) is 16.5. The summed E-state index contributed by atoms with van der Waals surface area (Å²) in [5, 5.41) is 3.84. The third-order valence-electron chi connectivity index (χ3n) is 4.40. The number of pyridine rings is 1. The van der Waals surface area contributed by atoms with Crippen LogP contribution in [0.5, 0.6) is 0 Å². The first kappa shape index (κ1) is 19.2. The average molecular weight is 423 g/mol. The van der Waals surface area contributed by atoms with Crippen molar-refractivity contribution >= 4 is 34.8 Å². The second-order valence-electron chi connectivity index (χ2n) is 6.47. The van der Waals surface area contributed by atoms with Crippen LogP contribution in [0.1, 0.15) is 21.7 Å². The number of nitrogens with zero attached hydrogens (tertiary/aromatic N) is 1. The van der Waals surface area contributed by atoms with Gasteiger partial charge in [-0.05, 0) is 72.1 Å². The van der Waals surface area contributed by atoms with Gasteiger partial charge in [-0.25, -0.2) is 0 Å². The largest absolute Gasteiger partial charge is 0.451 e. The van der Waals surface area contributed by atoms with Crippen LogP contribution in [-0.4, -0.2) is 10.9 Å². The van der Waals surface area contributed by atoms with Crippen molar-refractivity contribution in [2.24, 2.45) is 0 Å². The van der Waals surface area contributed by atoms with E-state index < -0.39 is 0 Å².